The Morgan fingerprint density at radius 1 is 0.900 bits per heavy atom. The van der Waals surface area contributed by atoms with Gasteiger partial charge in [0.2, 0.25) is 0 Å². The molecule has 0 aromatic rings. The van der Waals surface area contributed by atoms with Crippen molar-refractivity contribution < 1.29 is 0 Å². The van der Waals surface area contributed by atoms with E-state index in [9.17, 15) is 0 Å². The van der Waals surface area contributed by atoms with Gasteiger partial charge in [0.25, 0.3) is 0 Å². The maximum absolute atomic E-state index is 4.80. The molecule has 0 saturated carbocycles. The number of rotatable bonds is 7. The molecule has 0 aromatic carbocycles. The van der Waals surface area contributed by atoms with Crippen LogP contribution in [0.1, 0.15) is 0 Å². The van der Waals surface area contributed by atoms with Crippen molar-refractivity contribution in [2.45, 2.75) is 5.50 Å². The van der Waals surface area contributed by atoms with Crippen molar-refractivity contribution in [1.29, 1.82) is 0 Å². The van der Waals surface area contributed by atoms with Gasteiger partial charge in [0, 0.05) is 26.2 Å². The minimum absolute atomic E-state index is 0. The predicted molar refractivity (Wildman–Crippen MR) is 96.0 cm³/mol. The number of hydrogen-bond donors (Lipinski definition) is 0. The maximum Gasteiger partial charge on any atom is 0.172 e. The Morgan fingerprint density at radius 3 is 1.75 bits per heavy atom. The molecule has 0 spiro atoms. The van der Waals surface area contributed by atoms with Crippen molar-refractivity contribution in [3.8, 4) is 0 Å². The Bertz CT molecular complexity index is 288. The first-order chi connectivity index (χ1) is 8.90. The van der Waals surface area contributed by atoms with Gasteiger partial charge in [-0.1, -0.05) is 0 Å². The molecule has 8 heteroatoms. The van der Waals surface area contributed by atoms with E-state index in [1.807, 2.05) is 10.8 Å². The van der Waals surface area contributed by atoms with E-state index in [2.05, 4.69) is 61.9 Å². The fourth-order valence-electron chi connectivity index (χ4n) is 1.50. The molecular weight excluding hydrogens is 314 g/mol. The summed E-state index contributed by atoms with van der Waals surface area (Å²) in [6, 6.07) is 0. The lowest BCUT2D eigenvalue weighted by Crippen LogP contribution is -2.39. The Morgan fingerprint density at radius 2 is 1.40 bits per heavy atom. The Labute approximate surface area is 137 Å². The van der Waals surface area contributed by atoms with Gasteiger partial charge in [-0.25, -0.2) is 4.99 Å². The third kappa shape index (κ3) is 7.38. The van der Waals surface area contributed by atoms with Gasteiger partial charge < -0.3 is 14.7 Å². The largest absolute Gasteiger partial charge is 0.348 e. The van der Waals surface area contributed by atoms with E-state index >= 15 is 0 Å². The number of nitrogens with zero attached hydrogens (tertiary/aromatic N) is 5. The van der Waals surface area contributed by atoms with Crippen molar-refractivity contribution in [1.82, 2.24) is 19.6 Å². The van der Waals surface area contributed by atoms with Crippen LogP contribution in [0.3, 0.4) is 0 Å². The van der Waals surface area contributed by atoms with E-state index in [0.717, 1.165) is 26.2 Å². The summed E-state index contributed by atoms with van der Waals surface area (Å²) in [5.74, 6) is 0. The van der Waals surface area contributed by atoms with E-state index in [4.69, 9.17) is 4.99 Å². The normalized spacial score (nSPS) is 18.6. The highest BCUT2D eigenvalue weighted by Crippen LogP contribution is 2.38. The first-order valence-electron chi connectivity index (χ1n) is 6.52. The Kier molecular flexibility index (Phi) is 10.3. The zero-order chi connectivity index (χ0) is 14.4. The molecule has 0 radical (unpaired) electrons. The van der Waals surface area contributed by atoms with Gasteiger partial charge in [0.05, 0.1) is 0 Å². The van der Waals surface area contributed by atoms with Crippen LogP contribution >= 0.6 is 34.0 Å². The molecule has 0 aromatic heterocycles. The van der Waals surface area contributed by atoms with Crippen LogP contribution in [0.5, 0.6) is 0 Å². The molecule has 1 heterocycles. The molecule has 0 amide bonds. The first kappa shape index (κ1) is 20.3. The quantitative estimate of drug-likeness (QED) is 0.650. The van der Waals surface area contributed by atoms with Crippen molar-refractivity contribution in [2.24, 2.45) is 4.99 Å². The van der Waals surface area contributed by atoms with E-state index in [1.165, 1.54) is 5.17 Å². The molecule has 1 aliphatic rings. The summed E-state index contributed by atoms with van der Waals surface area (Å²) in [5.41, 5.74) is 0.251. The minimum Gasteiger partial charge on any atom is -0.348 e. The molecule has 20 heavy (non-hydrogen) atoms. The number of halogens is 1. The lowest BCUT2D eigenvalue weighted by atomic mass is 10.4. The molecule has 0 fully saturated rings. The molecule has 1 atom stereocenters. The summed E-state index contributed by atoms with van der Waals surface area (Å²) in [6.07, 6.45) is 0. The molecule has 1 aliphatic heterocycles. The summed E-state index contributed by atoms with van der Waals surface area (Å²) < 4.78 is 0. The number of hydrogen-bond acceptors (Lipinski definition) is 7. The van der Waals surface area contributed by atoms with Gasteiger partial charge in [-0.2, -0.15) is 0 Å². The average molecular weight is 342 g/mol. The second kappa shape index (κ2) is 10.1. The molecule has 120 valence electrons. The molecule has 0 N–H and O–H groups in total. The second-order valence-electron chi connectivity index (χ2n) is 5.47. The van der Waals surface area contributed by atoms with Crippen molar-refractivity contribution in [2.75, 3.05) is 68.5 Å². The lowest BCUT2D eigenvalue weighted by molar-refractivity contribution is 0.297. The highest BCUT2D eigenvalue weighted by atomic mass is 35.5. The van der Waals surface area contributed by atoms with E-state index in [-0.39, 0.29) is 17.9 Å². The number of likely N-dealkylation sites (N-methyl/N-ethyl adjacent to an activating group) is 2. The van der Waals surface area contributed by atoms with Crippen LogP contribution in [-0.2, 0) is 0 Å². The first-order valence-corrected chi connectivity index (χ1v) is 8.73. The Balaban J connectivity index is 0.00000361. The van der Waals surface area contributed by atoms with Crippen LogP contribution < -0.4 is 0 Å². The summed E-state index contributed by atoms with van der Waals surface area (Å²) in [4.78, 5) is 13.8. The van der Waals surface area contributed by atoms with Crippen molar-refractivity contribution in [3.05, 3.63) is 0 Å². The highest BCUT2D eigenvalue weighted by Gasteiger charge is 2.24. The molecule has 1 unspecified atom stereocenters. The van der Waals surface area contributed by atoms with Gasteiger partial charge in [-0.3, -0.25) is 4.90 Å². The lowest BCUT2D eigenvalue weighted by Gasteiger charge is -2.26. The molecule has 0 saturated heterocycles. The van der Waals surface area contributed by atoms with Gasteiger partial charge in [-0.05, 0) is 63.9 Å². The molecule has 5 nitrogen and oxygen atoms in total. The van der Waals surface area contributed by atoms with Crippen LogP contribution in [0.4, 0.5) is 0 Å². The van der Waals surface area contributed by atoms with Gasteiger partial charge >= 0.3 is 0 Å². The zero-order valence-electron chi connectivity index (χ0n) is 13.4. The van der Waals surface area contributed by atoms with E-state index in [0.29, 0.717) is 0 Å². The minimum atomic E-state index is 0. The van der Waals surface area contributed by atoms with E-state index < -0.39 is 0 Å². The van der Waals surface area contributed by atoms with Crippen LogP contribution in [0.15, 0.2) is 4.99 Å². The monoisotopic (exact) mass is 341 g/mol. The summed E-state index contributed by atoms with van der Waals surface area (Å²) in [6.45, 7) is 4.19. The van der Waals surface area contributed by atoms with Crippen molar-refractivity contribution in [3.63, 3.8) is 0 Å². The molecule has 0 bridgehead atoms. The maximum atomic E-state index is 4.80. The molecule has 1 rings (SSSR count). The van der Waals surface area contributed by atoms with Crippen LogP contribution in [0.2, 0.25) is 0 Å². The highest BCUT2D eigenvalue weighted by molar-refractivity contribution is 8.82. The number of aliphatic imine (C=N–C) groups is 1. The smallest absolute Gasteiger partial charge is 0.172 e. The fourth-order valence-corrected chi connectivity index (χ4v) is 4.10. The van der Waals surface area contributed by atoms with E-state index in [1.54, 1.807) is 10.8 Å². The zero-order valence-corrected chi connectivity index (χ0v) is 15.8. The predicted octanol–water partition coefficient (Wildman–Crippen LogP) is 1.43. The summed E-state index contributed by atoms with van der Waals surface area (Å²) in [7, 11) is 16.3. The summed E-state index contributed by atoms with van der Waals surface area (Å²) in [5, 5.41) is 1.17. The fraction of sp³-hybridized carbons (Fsp3) is 0.917. The second-order valence-corrected chi connectivity index (χ2v) is 7.70. The average Bonchev–Trinajstić information content (AvgIpc) is 2.77. The van der Waals surface area contributed by atoms with Gasteiger partial charge in [0.1, 0.15) is 0 Å². The van der Waals surface area contributed by atoms with Gasteiger partial charge in [-0.15, -0.1) is 12.4 Å². The van der Waals surface area contributed by atoms with Crippen LogP contribution in [-0.4, -0.2) is 98.7 Å². The molecule has 0 aliphatic carbocycles. The van der Waals surface area contributed by atoms with Crippen LogP contribution in [0.25, 0.3) is 0 Å². The topological polar surface area (TPSA) is 25.3 Å². The third-order valence-corrected chi connectivity index (χ3v) is 5.34. The number of amidine groups is 1. The SMILES string of the molecule is CN(C)CCN(CCN(C)C)C1=NC(N(C)C)SS1.Cl. The third-order valence-electron chi connectivity index (χ3n) is 2.78. The standard InChI is InChI=1S/C12H27N5S2.ClH/c1-14(2)7-9-17(10-8-15(3)4)12-13-11(16(5)6)18-19-12;/h11H,7-10H2,1-6H3;1H. The summed E-state index contributed by atoms with van der Waals surface area (Å²) >= 11 is 0. The molecular formula is C12H28ClN5S2. The van der Waals surface area contributed by atoms with Crippen LogP contribution in [0, 0.1) is 0 Å². The van der Waals surface area contributed by atoms with Crippen molar-refractivity contribution >= 4 is 39.2 Å². The Hall–Kier alpha value is 0.340. The van der Waals surface area contributed by atoms with Gasteiger partial charge in [0.15, 0.2) is 10.7 Å².